The van der Waals surface area contributed by atoms with E-state index in [1.54, 1.807) is 11.3 Å². The molecule has 1 aromatic heterocycles. The first kappa shape index (κ1) is 16.5. The van der Waals surface area contributed by atoms with Crippen molar-refractivity contribution < 1.29 is 0 Å². The molecule has 0 unspecified atom stereocenters. The summed E-state index contributed by atoms with van der Waals surface area (Å²) in [5, 5.41) is 3.89. The van der Waals surface area contributed by atoms with Gasteiger partial charge in [0.2, 0.25) is 0 Å². The van der Waals surface area contributed by atoms with Crippen LogP contribution in [-0.2, 0) is 12.2 Å². The van der Waals surface area contributed by atoms with Gasteiger partial charge in [0, 0.05) is 33.0 Å². The number of thioether (sulfide) groups is 1. The van der Waals surface area contributed by atoms with Crippen LogP contribution < -0.4 is 5.73 Å². The van der Waals surface area contributed by atoms with Gasteiger partial charge in [-0.3, -0.25) is 0 Å². The summed E-state index contributed by atoms with van der Waals surface area (Å²) >= 11 is 9.66. The molecule has 0 fully saturated rings. The molecule has 2 N–H and O–H groups in total. The summed E-state index contributed by atoms with van der Waals surface area (Å²) in [5.74, 6) is 0.926. The van der Waals surface area contributed by atoms with E-state index in [9.17, 15) is 0 Å². The third-order valence-electron chi connectivity index (χ3n) is 3.36. The van der Waals surface area contributed by atoms with Gasteiger partial charge >= 0.3 is 0 Å². The molecule has 3 aromatic rings. The quantitative estimate of drug-likeness (QED) is 0.609. The van der Waals surface area contributed by atoms with Crippen LogP contribution in [0.5, 0.6) is 0 Å². The summed E-state index contributed by atoms with van der Waals surface area (Å²) in [4.78, 5) is 5.89. The molecule has 0 radical (unpaired) electrons. The van der Waals surface area contributed by atoms with Crippen LogP contribution in [0, 0.1) is 0 Å². The number of hydrogen-bond acceptors (Lipinski definition) is 4. The molecule has 0 aliphatic heterocycles. The van der Waals surface area contributed by atoms with Crippen LogP contribution >= 0.6 is 34.7 Å². The van der Waals surface area contributed by atoms with Crippen LogP contribution in [0.4, 0.5) is 0 Å². The Kier molecular flexibility index (Phi) is 5.73. The summed E-state index contributed by atoms with van der Waals surface area (Å²) in [6.45, 7) is 0.623. The highest BCUT2D eigenvalue weighted by Gasteiger charge is 2.11. The van der Waals surface area contributed by atoms with Gasteiger partial charge in [-0.2, -0.15) is 0 Å². The minimum absolute atomic E-state index is 0.623. The van der Waals surface area contributed by atoms with Crippen LogP contribution in [0.1, 0.15) is 10.6 Å². The molecule has 2 aromatic carbocycles. The van der Waals surface area contributed by atoms with E-state index in [4.69, 9.17) is 22.3 Å². The lowest BCUT2D eigenvalue weighted by Gasteiger charge is -2.08. The molecule has 0 spiro atoms. The van der Waals surface area contributed by atoms with Gasteiger partial charge in [0.15, 0.2) is 0 Å². The summed E-state index contributed by atoms with van der Waals surface area (Å²) < 4.78 is 0. The number of thiazole rings is 1. The van der Waals surface area contributed by atoms with Crippen molar-refractivity contribution in [3.63, 3.8) is 0 Å². The number of halogens is 1. The fourth-order valence-electron chi connectivity index (χ4n) is 2.24. The lowest BCUT2D eigenvalue weighted by atomic mass is 10.2. The highest BCUT2D eigenvalue weighted by Crippen LogP contribution is 2.35. The van der Waals surface area contributed by atoms with Gasteiger partial charge in [0.05, 0.1) is 10.7 Å². The molecule has 0 aliphatic rings. The predicted molar refractivity (Wildman–Crippen MR) is 101 cm³/mol. The fraction of sp³-hybridized carbons (Fsp3) is 0.167. The second-order valence-corrected chi connectivity index (χ2v) is 7.48. The summed E-state index contributed by atoms with van der Waals surface area (Å²) in [7, 11) is 0. The SMILES string of the molecule is NCCc1nc(-c2cc(Cl)ccc2SCc2ccccc2)cs1. The lowest BCUT2D eigenvalue weighted by Crippen LogP contribution is -2.02. The highest BCUT2D eigenvalue weighted by molar-refractivity contribution is 7.98. The number of benzene rings is 2. The molecule has 1 heterocycles. The third kappa shape index (κ3) is 4.36. The first-order valence-corrected chi connectivity index (χ1v) is 9.61. The van der Waals surface area contributed by atoms with Crippen LogP contribution in [0.3, 0.4) is 0 Å². The van der Waals surface area contributed by atoms with E-state index >= 15 is 0 Å². The fourth-order valence-corrected chi connectivity index (χ4v) is 4.22. The molecule has 0 atom stereocenters. The average Bonchev–Trinajstić information content (AvgIpc) is 3.03. The molecule has 118 valence electrons. The third-order valence-corrected chi connectivity index (χ3v) is 5.65. The molecule has 0 saturated carbocycles. The Hall–Kier alpha value is -1.33. The van der Waals surface area contributed by atoms with Crippen LogP contribution in [0.25, 0.3) is 11.3 Å². The zero-order valence-electron chi connectivity index (χ0n) is 12.5. The van der Waals surface area contributed by atoms with E-state index in [0.717, 1.165) is 33.5 Å². The Morgan fingerprint density at radius 1 is 1.13 bits per heavy atom. The van der Waals surface area contributed by atoms with E-state index in [0.29, 0.717) is 6.54 Å². The van der Waals surface area contributed by atoms with Crippen molar-refractivity contribution in [2.75, 3.05) is 6.54 Å². The standard InChI is InChI=1S/C18H17ClN2S2/c19-14-6-7-17(22-11-13-4-2-1-3-5-13)15(10-14)16-12-23-18(21-16)8-9-20/h1-7,10,12H,8-9,11,20H2. The number of aromatic nitrogens is 1. The molecule has 3 rings (SSSR count). The smallest absolute Gasteiger partial charge is 0.0945 e. The maximum absolute atomic E-state index is 6.20. The van der Waals surface area contributed by atoms with Gasteiger partial charge in [-0.15, -0.1) is 23.1 Å². The van der Waals surface area contributed by atoms with Crippen molar-refractivity contribution in [2.45, 2.75) is 17.1 Å². The molecule has 23 heavy (non-hydrogen) atoms. The Bertz CT molecular complexity index is 772. The monoisotopic (exact) mass is 360 g/mol. The van der Waals surface area contributed by atoms with Gasteiger partial charge in [0.25, 0.3) is 0 Å². The Labute approximate surface area is 149 Å². The summed E-state index contributed by atoms with van der Waals surface area (Å²) in [6.07, 6.45) is 0.817. The van der Waals surface area contributed by atoms with Gasteiger partial charge < -0.3 is 5.73 Å². The maximum Gasteiger partial charge on any atom is 0.0945 e. The molecule has 0 aliphatic carbocycles. The normalized spacial score (nSPS) is 10.9. The second-order valence-electron chi connectivity index (χ2n) is 5.08. The topological polar surface area (TPSA) is 38.9 Å². The van der Waals surface area contributed by atoms with Crippen molar-refractivity contribution in [1.82, 2.24) is 4.98 Å². The van der Waals surface area contributed by atoms with Crippen molar-refractivity contribution >= 4 is 34.7 Å². The molecule has 5 heteroatoms. The van der Waals surface area contributed by atoms with E-state index in [2.05, 4.69) is 35.7 Å². The maximum atomic E-state index is 6.20. The minimum atomic E-state index is 0.623. The number of hydrogen-bond donors (Lipinski definition) is 1. The van der Waals surface area contributed by atoms with Crippen molar-refractivity contribution in [1.29, 1.82) is 0 Å². The predicted octanol–water partition coefficient (Wildman–Crippen LogP) is 5.26. The Morgan fingerprint density at radius 3 is 2.74 bits per heavy atom. The minimum Gasteiger partial charge on any atom is -0.330 e. The molecular weight excluding hydrogens is 344 g/mol. The van der Waals surface area contributed by atoms with E-state index < -0.39 is 0 Å². The molecule has 2 nitrogen and oxygen atoms in total. The van der Waals surface area contributed by atoms with Gasteiger partial charge in [-0.1, -0.05) is 41.9 Å². The van der Waals surface area contributed by atoms with E-state index in [1.165, 1.54) is 10.5 Å². The number of nitrogens with two attached hydrogens (primary N) is 1. The van der Waals surface area contributed by atoms with Gasteiger partial charge in [-0.25, -0.2) is 4.98 Å². The Balaban J connectivity index is 1.85. The average molecular weight is 361 g/mol. The number of nitrogens with zero attached hydrogens (tertiary/aromatic N) is 1. The Morgan fingerprint density at radius 2 is 1.96 bits per heavy atom. The van der Waals surface area contributed by atoms with Gasteiger partial charge in [0.1, 0.15) is 0 Å². The lowest BCUT2D eigenvalue weighted by molar-refractivity contribution is 0.954. The zero-order valence-corrected chi connectivity index (χ0v) is 14.9. The van der Waals surface area contributed by atoms with Crippen molar-refractivity contribution in [3.8, 4) is 11.3 Å². The number of rotatable bonds is 6. The largest absolute Gasteiger partial charge is 0.330 e. The van der Waals surface area contributed by atoms with E-state index in [1.807, 2.05) is 30.0 Å². The summed E-state index contributed by atoms with van der Waals surface area (Å²) in [6, 6.07) is 16.5. The molecule has 0 saturated heterocycles. The van der Waals surface area contributed by atoms with Crippen molar-refractivity contribution in [3.05, 3.63) is 69.5 Å². The highest BCUT2D eigenvalue weighted by atomic mass is 35.5. The second kappa shape index (κ2) is 7.97. The first-order valence-electron chi connectivity index (χ1n) is 7.37. The molecule has 0 amide bonds. The van der Waals surface area contributed by atoms with Crippen LogP contribution in [0.2, 0.25) is 5.02 Å². The molecular formula is C18H17ClN2S2. The van der Waals surface area contributed by atoms with E-state index in [-0.39, 0.29) is 0 Å². The van der Waals surface area contributed by atoms with Crippen molar-refractivity contribution in [2.24, 2.45) is 5.73 Å². The molecule has 0 bridgehead atoms. The van der Waals surface area contributed by atoms with Gasteiger partial charge in [-0.05, 0) is 30.3 Å². The van der Waals surface area contributed by atoms with Crippen LogP contribution in [-0.4, -0.2) is 11.5 Å². The van der Waals surface area contributed by atoms with Crippen LogP contribution in [0.15, 0.2) is 58.8 Å². The summed E-state index contributed by atoms with van der Waals surface area (Å²) in [5.41, 5.74) is 9.00. The zero-order chi connectivity index (χ0) is 16.1. The first-order chi connectivity index (χ1) is 11.3.